The number of nitrogens with one attached hydrogen (secondary N) is 1. The molecule has 1 atom stereocenters. The molecule has 1 heterocycles. The summed E-state index contributed by atoms with van der Waals surface area (Å²) in [5, 5.41) is 14.0. The van der Waals surface area contributed by atoms with E-state index in [0.717, 1.165) is 14.9 Å². The summed E-state index contributed by atoms with van der Waals surface area (Å²) in [6.07, 6.45) is 0.445. The number of benzene rings is 1. The Labute approximate surface area is 129 Å². The van der Waals surface area contributed by atoms with Gasteiger partial charge in [0, 0.05) is 14.7 Å². The van der Waals surface area contributed by atoms with E-state index in [1.807, 2.05) is 11.4 Å². The molecule has 1 aromatic heterocycles. The molecule has 0 bridgehead atoms. The summed E-state index contributed by atoms with van der Waals surface area (Å²) >= 11 is 4.95. The van der Waals surface area contributed by atoms with E-state index >= 15 is 0 Å². The minimum Gasteiger partial charge on any atom is -0.508 e. The van der Waals surface area contributed by atoms with Crippen LogP contribution in [-0.4, -0.2) is 17.1 Å². The Hall–Kier alpha value is -1.37. The minimum absolute atomic E-state index is 0.178. The van der Waals surface area contributed by atoms with Gasteiger partial charge in [0.2, 0.25) is 5.91 Å². The quantitative estimate of drug-likeness (QED) is 0.771. The van der Waals surface area contributed by atoms with Crippen molar-refractivity contribution < 1.29 is 9.90 Å². The van der Waals surface area contributed by atoms with Gasteiger partial charge in [-0.1, -0.05) is 12.1 Å². The average molecular weight is 355 g/mol. The number of aromatic hydroxyl groups is 1. The summed E-state index contributed by atoms with van der Waals surface area (Å²) < 4.78 is 1.01. The lowest BCUT2D eigenvalue weighted by Crippen LogP contribution is -2.41. The number of amides is 1. The van der Waals surface area contributed by atoms with Crippen LogP contribution in [0.3, 0.4) is 0 Å². The van der Waals surface area contributed by atoms with Gasteiger partial charge in [0.05, 0.1) is 12.6 Å². The second-order valence-corrected chi connectivity index (χ2v) is 6.34. The van der Waals surface area contributed by atoms with Gasteiger partial charge < -0.3 is 16.2 Å². The summed E-state index contributed by atoms with van der Waals surface area (Å²) in [6, 6.07) is 8.07. The maximum Gasteiger partial charge on any atom is 0.237 e. The van der Waals surface area contributed by atoms with Crippen LogP contribution in [0, 0.1) is 0 Å². The van der Waals surface area contributed by atoms with Crippen molar-refractivity contribution in [2.45, 2.75) is 19.0 Å². The summed E-state index contributed by atoms with van der Waals surface area (Å²) in [6.45, 7) is 0.485. The molecule has 0 aliphatic carbocycles. The van der Waals surface area contributed by atoms with Crippen LogP contribution >= 0.6 is 27.3 Å². The van der Waals surface area contributed by atoms with Crippen molar-refractivity contribution >= 4 is 33.2 Å². The maximum absolute atomic E-state index is 11.9. The molecule has 2 rings (SSSR count). The highest BCUT2D eigenvalue weighted by atomic mass is 79.9. The van der Waals surface area contributed by atoms with Crippen LogP contribution in [0.2, 0.25) is 0 Å². The molecule has 6 heteroatoms. The van der Waals surface area contributed by atoms with Crippen molar-refractivity contribution in [3.63, 3.8) is 0 Å². The monoisotopic (exact) mass is 354 g/mol. The predicted molar refractivity (Wildman–Crippen MR) is 83.7 cm³/mol. The molecular formula is C14H15BrN2O2S. The molecule has 4 nitrogen and oxygen atoms in total. The average Bonchev–Trinajstić information content (AvgIpc) is 2.84. The van der Waals surface area contributed by atoms with Crippen molar-refractivity contribution in [3.8, 4) is 5.75 Å². The highest BCUT2D eigenvalue weighted by Crippen LogP contribution is 2.19. The van der Waals surface area contributed by atoms with Crippen LogP contribution in [-0.2, 0) is 17.8 Å². The summed E-state index contributed by atoms with van der Waals surface area (Å²) in [4.78, 5) is 13.0. The Morgan fingerprint density at radius 3 is 2.70 bits per heavy atom. The fourth-order valence-corrected chi connectivity index (χ4v) is 3.12. The first-order valence-corrected chi connectivity index (χ1v) is 7.76. The molecule has 0 spiro atoms. The lowest BCUT2D eigenvalue weighted by molar-refractivity contribution is -0.122. The van der Waals surface area contributed by atoms with Gasteiger partial charge in [0.25, 0.3) is 0 Å². The van der Waals surface area contributed by atoms with E-state index in [1.54, 1.807) is 35.6 Å². The van der Waals surface area contributed by atoms with E-state index in [4.69, 9.17) is 5.73 Å². The van der Waals surface area contributed by atoms with Gasteiger partial charge in [-0.25, -0.2) is 0 Å². The van der Waals surface area contributed by atoms with E-state index in [1.165, 1.54) is 0 Å². The van der Waals surface area contributed by atoms with Gasteiger partial charge in [0.1, 0.15) is 5.75 Å². The van der Waals surface area contributed by atoms with Crippen LogP contribution < -0.4 is 11.1 Å². The highest BCUT2D eigenvalue weighted by Gasteiger charge is 2.14. The molecule has 20 heavy (non-hydrogen) atoms. The minimum atomic E-state index is -0.594. The Bertz CT molecular complexity index is 583. The second-order valence-electron chi connectivity index (χ2n) is 4.43. The van der Waals surface area contributed by atoms with Crippen LogP contribution in [0.4, 0.5) is 0 Å². The first kappa shape index (κ1) is 15.0. The molecule has 0 aliphatic rings. The number of hydrogen-bond acceptors (Lipinski definition) is 4. The van der Waals surface area contributed by atoms with Crippen molar-refractivity contribution in [3.05, 3.63) is 50.6 Å². The topological polar surface area (TPSA) is 75.3 Å². The fourth-order valence-electron chi connectivity index (χ4n) is 1.73. The van der Waals surface area contributed by atoms with Crippen LogP contribution in [0.25, 0.3) is 0 Å². The van der Waals surface area contributed by atoms with Crippen molar-refractivity contribution in [1.29, 1.82) is 0 Å². The number of nitrogens with two attached hydrogens (primary N) is 1. The number of carbonyl (C=O) groups is 1. The Balaban J connectivity index is 1.84. The summed E-state index contributed by atoms with van der Waals surface area (Å²) in [7, 11) is 0. The third-order valence-corrected chi connectivity index (χ3v) is 4.48. The molecule has 0 saturated carbocycles. The van der Waals surface area contributed by atoms with Crippen LogP contribution in [0.15, 0.2) is 40.2 Å². The number of hydrogen-bond donors (Lipinski definition) is 3. The molecule has 0 radical (unpaired) electrons. The molecular weight excluding hydrogens is 340 g/mol. The first-order chi connectivity index (χ1) is 9.54. The van der Waals surface area contributed by atoms with Gasteiger partial charge in [-0.15, -0.1) is 11.3 Å². The van der Waals surface area contributed by atoms with Gasteiger partial charge >= 0.3 is 0 Å². The largest absolute Gasteiger partial charge is 0.508 e. The number of carbonyl (C=O) groups excluding carboxylic acids is 1. The van der Waals surface area contributed by atoms with E-state index in [9.17, 15) is 9.90 Å². The lowest BCUT2D eigenvalue weighted by Gasteiger charge is -2.12. The molecule has 0 saturated heterocycles. The zero-order chi connectivity index (χ0) is 14.5. The molecule has 106 valence electrons. The van der Waals surface area contributed by atoms with E-state index in [0.29, 0.717) is 13.0 Å². The lowest BCUT2D eigenvalue weighted by atomic mass is 10.1. The Kier molecular flexibility index (Phi) is 5.17. The van der Waals surface area contributed by atoms with Crippen LogP contribution in [0.1, 0.15) is 10.4 Å². The predicted octanol–water partition coefficient (Wildman–Crippen LogP) is 2.40. The standard InChI is InChI=1S/C14H15BrN2O2S/c15-10-6-12(20-8-10)7-17-14(19)13(16)5-9-1-3-11(18)4-2-9/h1-4,6,8,13,18H,5,7,16H2,(H,17,19)/t13-/m1/s1. The molecule has 4 N–H and O–H groups in total. The molecule has 0 fully saturated rings. The van der Waals surface area contributed by atoms with Crippen molar-refractivity contribution in [2.75, 3.05) is 0 Å². The van der Waals surface area contributed by atoms with Gasteiger partial charge in [0.15, 0.2) is 0 Å². The zero-order valence-electron chi connectivity index (χ0n) is 10.7. The SMILES string of the molecule is N[C@H](Cc1ccc(O)cc1)C(=O)NCc1cc(Br)cs1. The number of halogens is 1. The number of phenols is 1. The number of thiophene rings is 1. The highest BCUT2D eigenvalue weighted by molar-refractivity contribution is 9.10. The van der Waals surface area contributed by atoms with Crippen molar-refractivity contribution in [1.82, 2.24) is 5.32 Å². The number of rotatable bonds is 5. The first-order valence-electron chi connectivity index (χ1n) is 6.08. The molecule has 0 unspecified atom stereocenters. The molecule has 1 amide bonds. The third kappa shape index (κ3) is 4.33. The number of phenolic OH excluding ortho intramolecular Hbond substituents is 1. The van der Waals surface area contributed by atoms with Crippen LogP contribution in [0.5, 0.6) is 5.75 Å². The van der Waals surface area contributed by atoms with E-state index in [2.05, 4.69) is 21.2 Å². The van der Waals surface area contributed by atoms with E-state index in [-0.39, 0.29) is 11.7 Å². The maximum atomic E-state index is 11.9. The van der Waals surface area contributed by atoms with E-state index < -0.39 is 6.04 Å². The second kappa shape index (κ2) is 6.88. The molecule has 0 aliphatic heterocycles. The van der Waals surface area contributed by atoms with Gasteiger partial charge in [-0.3, -0.25) is 4.79 Å². The third-order valence-electron chi connectivity index (χ3n) is 2.79. The summed E-state index contributed by atoms with van der Waals surface area (Å²) in [5.74, 6) is 0.0256. The fraction of sp³-hybridized carbons (Fsp3) is 0.214. The molecule has 1 aromatic carbocycles. The smallest absolute Gasteiger partial charge is 0.237 e. The Morgan fingerprint density at radius 1 is 1.40 bits per heavy atom. The van der Waals surface area contributed by atoms with Crippen molar-refractivity contribution in [2.24, 2.45) is 5.73 Å². The zero-order valence-corrected chi connectivity index (χ0v) is 13.1. The summed E-state index contributed by atoms with van der Waals surface area (Å²) in [5.41, 5.74) is 6.80. The van der Waals surface area contributed by atoms with Gasteiger partial charge in [-0.05, 0) is 46.1 Å². The normalized spacial score (nSPS) is 12.1. The molecule has 2 aromatic rings. The van der Waals surface area contributed by atoms with Gasteiger partial charge in [-0.2, -0.15) is 0 Å². The Morgan fingerprint density at radius 2 is 2.10 bits per heavy atom.